The summed E-state index contributed by atoms with van der Waals surface area (Å²) in [5.74, 6) is -7.93. The molecular weight excluding hydrogens is 903 g/mol. The van der Waals surface area contributed by atoms with Crippen LogP contribution in [0.5, 0.6) is 0 Å². The Morgan fingerprint density at radius 3 is 1.52 bits per heavy atom. The first-order chi connectivity index (χ1) is 30.5. The number of hydrogen-bond acceptors (Lipinski definition) is 19. The number of nitrogens with one attached hydrogen (secondary N) is 4. The van der Waals surface area contributed by atoms with Crippen molar-refractivity contribution < 1.29 is 79.2 Å². The average Bonchev–Trinajstić information content (AvgIpc) is 3.98. The second kappa shape index (κ2) is 43.2. The minimum Gasteiger partial charge on any atom is -0.481 e. The number of nitrogens with zero attached hydrogens (tertiary/aromatic N) is 1. The van der Waals surface area contributed by atoms with Crippen LogP contribution in [0.15, 0.2) is 12.5 Å². The summed E-state index contributed by atoms with van der Waals surface area (Å²) in [5, 5.41) is 78.1. The maximum absolute atomic E-state index is 10.3. The van der Waals surface area contributed by atoms with Gasteiger partial charge in [-0.25, -0.2) is 4.98 Å². The summed E-state index contributed by atoms with van der Waals surface area (Å²) in [4.78, 5) is 86.9. The first-order valence-electron chi connectivity index (χ1n) is 20.0. The molecular formula is C36H73N13O16S. The van der Waals surface area contributed by atoms with E-state index in [1.54, 1.807) is 6.20 Å². The molecule has 0 amide bonds. The highest BCUT2D eigenvalue weighted by atomic mass is 32.1. The Hall–Kier alpha value is -5.73. The van der Waals surface area contributed by atoms with E-state index in [2.05, 4.69) is 33.2 Å². The van der Waals surface area contributed by atoms with Crippen molar-refractivity contribution >= 4 is 66.3 Å². The zero-order valence-corrected chi connectivity index (χ0v) is 37.9. The van der Waals surface area contributed by atoms with E-state index in [1.807, 2.05) is 13.8 Å². The number of imidazole rings is 1. The van der Waals surface area contributed by atoms with Gasteiger partial charge in [0.25, 0.3) is 0 Å². The SMILES string of the molecule is CCC(C)C(N)C(=O)O.N=C(N)NCCCC(N)C(=O)O.NC(CC(=O)O)C(=O)O.NC(CS)C(=O)O.NC(Cc1c[nH]cn1)C(=O)O.NCCCCC(N)C(=O)O.O=C(O)[C@@H]1CCCN1. The standard InChI is InChI=1S/C6H14N4O2.C6H9N3O2.C6H14N2O2.C6H13NO2.C5H9NO2.C4H7NO4.C3H7NO2S/c7-4(5(11)12)2-1-3-10-6(8)9;7-5(6(10)11)1-4-2-8-3-9-4;7-4-2-1-3-5(8)6(9)10;1-3-4(2)5(7)6(8)9;7-5(8)4-2-1-3-6-4;5-2(4(8)9)1-3(6)7;4-2(1-7)3(5)6/h4H,1-3,7H2,(H,11,12)(H4,8,9,10);2-3,5H,1,7H2,(H,8,9)(H,10,11);5H,1-4,7-8H2,(H,9,10);4-5H,3,7H2,1-2H3,(H,8,9);4,6H,1-3H2,(H,7,8);2H,1,5H2,(H,6,7)(H,8,9);2,7H,1,4H2,(H,5,6)/t;;;;4-;;/m....0../s1. The molecule has 7 unspecified atom stereocenters. The molecule has 0 radical (unpaired) electrons. The number of carbonyl (C=O) groups is 8. The van der Waals surface area contributed by atoms with Gasteiger partial charge in [0.15, 0.2) is 5.96 Å². The maximum atomic E-state index is 10.3. The summed E-state index contributed by atoms with van der Waals surface area (Å²) >= 11 is 3.65. The summed E-state index contributed by atoms with van der Waals surface area (Å²) in [6.07, 6.45) is 8.58. The molecule has 28 N–H and O–H groups in total. The molecule has 0 aliphatic carbocycles. The van der Waals surface area contributed by atoms with Crippen LogP contribution >= 0.6 is 12.6 Å². The van der Waals surface area contributed by atoms with E-state index >= 15 is 0 Å². The number of nitrogens with two attached hydrogens (primary N) is 8. The molecule has 29 nitrogen and oxygen atoms in total. The minimum atomic E-state index is -1.29. The van der Waals surface area contributed by atoms with Crippen molar-refractivity contribution in [1.29, 1.82) is 5.41 Å². The first-order valence-corrected chi connectivity index (χ1v) is 20.6. The molecule has 1 aliphatic heterocycles. The predicted molar refractivity (Wildman–Crippen MR) is 242 cm³/mol. The lowest BCUT2D eigenvalue weighted by Gasteiger charge is -2.11. The number of guanidine groups is 1. The maximum Gasteiger partial charge on any atom is 0.321 e. The van der Waals surface area contributed by atoms with Crippen LogP contribution in [0.25, 0.3) is 0 Å². The molecule has 66 heavy (non-hydrogen) atoms. The first kappa shape index (κ1) is 69.3. The van der Waals surface area contributed by atoms with Crippen LogP contribution in [0.2, 0.25) is 0 Å². The number of hydrogen-bond donors (Lipinski definition) is 21. The molecule has 1 fully saturated rings. The number of thiol groups is 1. The van der Waals surface area contributed by atoms with Crippen molar-refractivity contribution in [3.63, 3.8) is 0 Å². The van der Waals surface area contributed by atoms with Gasteiger partial charge in [-0.05, 0) is 57.5 Å². The Kier molecular flexibility index (Phi) is 45.3. The fourth-order valence-electron chi connectivity index (χ4n) is 3.76. The number of aliphatic carboxylic acids is 8. The lowest BCUT2D eigenvalue weighted by Crippen LogP contribution is -2.36. The number of aromatic nitrogens is 2. The van der Waals surface area contributed by atoms with Gasteiger partial charge in [0.05, 0.1) is 18.4 Å². The lowest BCUT2D eigenvalue weighted by molar-refractivity contribution is -0.144. The van der Waals surface area contributed by atoms with Crippen LogP contribution in [0.1, 0.15) is 77.3 Å². The highest BCUT2D eigenvalue weighted by Crippen LogP contribution is 2.05. The van der Waals surface area contributed by atoms with Gasteiger partial charge < -0.3 is 102 Å². The van der Waals surface area contributed by atoms with Gasteiger partial charge in [0.1, 0.15) is 42.3 Å². The molecule has 2 heterocycles. The third-order valence-electron chi connectivity index (χ3n) is 8.04. The van der Waals surface area contributed by atoms with Crippen LogP contribution in [0.4, 0.5) is 0 Å². The Bertz CT molecular complexity index is 1530. The highest BCUT2D eigenvalue weighted by Gasteiger charge is 2.20. The average molecular weight is 976 g/mol. The Morgan fingerprint density at radius 2 is 1.26 bits per heavy atom. The van der Waals surface area contributed by atoms with Gasteiger partial charge in [-0.1, -0.05) is 26.7 Å². The molecule has 1 aliphatic rings. The number of H-pyrrole nitrogens is 1. The zero-order valence-electron chi connectivity index (χ0n) is 37.0. The summed E-state index contributed by atoms with van der Waals surface area (Å²) in [6, 6.07) is -5.47. The Balaban J connectivity index is -0.000000221. The number of aromatic amines is 1. The van der Waals surface area contributed by atoms with Crippen LogP contribution in [-0.2, 0) is 44.8 Å². The monoisotopic (exact) mass is 976 g/mol. The largest absolute Gasteiger partial charge is 0.481 e. The number of carboxylic acids is 8. The van der Waals surface area contributed by atoms with E-state index < -0.39 is 90.4 Å². The molecule has 2 rings (SSSR count). The van der Waals surface area contributed by atoms with Crippen molar-refractivity contribution in [1.82, 2.24) is 20.6 Å². The molecule has 1 aromatic heterocycles. The van der Waals surface area contributed by atoms with Crippen molar-refractivity contribution in [2.45, 2.75) is 120 Å². The van der Waals surface area contributed by atoms with E-state index in [-0.39, 0.29) is 30.1 Å². The molecule has 0 spiro atoms. The van der Waals surface area contributed by atoms with Crippen LogP contribution in [0.3, 0.4) is 0 Å². The Labute approximate surface area is 386 Å². The summed E-state index contributed by atoms with van der Waals surface area (Å²) in [6.45, 7) is 5.70. The zero-order chi connectivity index (χ0) is 52.5. The number of unbranched alkanes of at least 4 members (excludes halogenated alkanes) is 1. The van der Waals surface area contributed by atoms with Crippen LogP contribution < -0.4 is 56.5 Å². The summed E-state index contributed by atoms with van der Waals surface area (Å²) in [5.41, 5.74) is 41.6. The van der Waals surface area contributed by atoms with Crippen molar-refractivity contribution in [2.24, 2.45) is 51.8 Å². The van der Waals surface area contributed by atoms with E-state index in [4.69, 9.17) is 92.1 Å². The molecule has 0 aromatic carbocycles. The molecule has 1 saturated heterocycles. The van der Waals surface area contributed by atoms with Crippen molar-refractivity contribution in [3.05, 3.63) is 18.2 Å². The van der Waals surface area contributed by atoms with Gasteiger partial charge >= 0.3 is 47.8 Å². The van der Waals surface area contributed by atoms with E-state index in [0.717, 1.165) is 38.6 Å². The smallest absolute Gasteiger partial charge is 0.321 e. The second-order valence-electron chi connectivity index (χ2n) is 13.8. The minimum absolute atomic E-state index is 0.0718. The van der Waals surface area contributed by atoms with Gasteiger partial charge in [0, 0.05) is 24.9 Å². The second-order valence-corrected chi connectivity index (χ2v) is 14.1. The van der Waals surface area contributed by atoms with Gasteiger partial charge in [-0.3, -0.25) is 43.8 Å². The summed E-state index contributed by atoms with van der Waals surface area (Å²) in [7, 11) is 0. The molecule has 384 valence electrons. The highest BCUT2D eigenvalue weighted by molar-refractivity contribution is 7.80. The Morgan fingerprint density at radius 1 is 0.773 bits per heavy atom. The molecule has 1 aromatic rings. The van der Waals surface area contributed by atoms with Crippen molar-refractivity contribution in [3.8, 4) is 0 Å². The number of rotatable bonds is 22. The fourth-order valence-corrected chi connectivity index (χ4v) is 3.92. The van der Waals surface area contributed by atoms with Crippen LogP contribution in [-0.4, -0.2) is 172 Å². The third-order valence-corrected chi connectivity index (χ3v) is 8.43. The van der Waals surface area contributed by atoms with Gasteiger partial charge in [0.2, 0.25) is 0 Å². The third kappa shape index (κ3) is 46.3. The van der Waals surface area contributed by atoms with E-state index in [9.17, 15) is 38.4 Å². The predicted octanol–water partition coefficient (Wildman–Crippen LogP) is -3.98. The van der Waals surface area contributed by atoms with Gasteiger partial charge in [-0.2, -0.15) is 12.6 Å². The lowest BCUT2D eigenvalue weighted by atomic mass is 10.0. The molecule has 0 saturated carbocycles. The molecule has 8 atom stereocenters. The van der Waals surface area contributed by atoms with Crippen molar-refractivity contribution in [2.75, 3.05) is 25.4 Å². The molecule has 30 heteroatoms. The summed E-state index contributed by atoms with van der Waals surface area (Å²) < 4.78 is 0. The van der Waals surface area contributed by atoms with Gasteiger partial charge in [-0.15, -0.1) is 0 Å². The van der Waals surface area contributed by atoms with E-state index in [1.165, 1.54) is 6.33 Å². The van der Waals surface area contributed by atoms with E-state index in [0.29, 0.717) is 38.0 Å². The topological polar surface area (TPSA) is 583 Å². The number of carboxylic acid groups (broad SMARTS) is 8. The van der Waals surface area contributed by atoms with Crippen LogP contribution in [0, 0.1) is 11.3 Å². The fraction of sp³-hybridized carbons (Fsp3) is 0.667. The quantitative estimate of drug-likeness (QED) is 0.0228. The normalized spacial score (nSPS) is 15.2. The molecule has 0 bridgehead atoms.